The Bertz CT molecular complexity index is 444. The van der Waals surface area contributed by atoms with E-state index in [2.05, 4.69) is 15.1 Å². The van der Waals surface area contributed by atoms with Gasteiger partial charge in [-0.2, -0.15) is 0 Å². The lowest BCUT2D eigenvalue weighted by Crippen LogP contribution is -2.63. The molecule has 0 saturated carbocycles. The van der Waals surface area contributed by atoms with Gasteiger partial charge in [0.05, 0.1) is 0 Å². The highest BCUT2D eigenvalue weighted by molar-refractivity contribution is 5.18. The van der Waals surface area contributed by atoms with Gasteiger partial charge in [-0.3, -0.25) is 9.80 Å². The van der Waals surface area contributed by atoms with Gasteiger partial charge in [0, 0.05) is 57.4 Å². The maximum absolute atomic E-state index is 13.5. The lowest BCUT2D eigenvalue weighted by Gasteiger charge is -2.47. The zero-order valence-corrected chi connectivity index (χ0v) is 10.9. The van der Waals surface area contributed by atoms with Crippen LogP contribution in [-0.4, -0.2) is 55.1 Å². The zero-order valence-electron chi connectivity index (χ0n) is 10.9. The highest BCUT2D eigenvalue weighted by atomic mass is 19.1. The summed E-state index contributed by atoms with van der Waals surface area (Å²) in [7, 11) is 0. The van der Waals surface area contributed by atoms with Gasteiger partial charge in [-0.25, -0.2) is 8.78 Å². The predicted octanol–water partition coefficient (Wildman–Crippen LogP) is 1.05. The number of nitrogens with zero attached hydrogens (tertiary/aromatic N) is 2. The Morgan fingerprint density at radius 3 is 2.63 bits per heavy atom. The van der Waals surface area contributed by atoms with Crippen LogP contribution in [-0.2, 0) is 6.54 Å². The SMILES string of the molecule is Fc1ccc(F)c(CNCC2CN3CCN2CC3)c1. The highest BCUT2D eigenvalue weighted by Gasteiger charge is 2.31. The normalized spacial score (nSPS) is 29.7. The predicted molar refractivity (Wildman–Crippen MR) is 69.9 cm³/mol. The summed E-state index contributed by atoms with van der Waals surface area (Å²) in [5.41, 5.74) is 0.399. The van der Waals surface area contributed by atoms with E-state index < -0.39 is 0 Å². The molecule has 0 radical (unpaired) electrons. The first-order chi connectivity index (χ1) is 9.22. The van der Waals surface area contributed by atoms with Crippen molar-refractivity contribution in [1.29, 1.82) is 0 Å². The lowest BCUT2D eigenvalue weighted by atomic mass is 10.1. The molecule has 19 heavy (non-hydrogen) atoms. The summed E-state index contributed by atoms with van der Waals surface area (Å²) in [6.07, 6.45) is 0. The molecule has 2 bridgehead atoms. The Balaban J connectivity index is 1.52. The number of hydrogen-bond acceptors (Lipinski definition) is 3. The van der Waals surface area contributed by atoms with E-state index in [1.165, 1.54) is 12.1 Å². The Labute approximate surface area is 112 Å². The lowest BCUT2D eigenvalue weighted by molar-refractivity contribution is 0.0136. The number of nitrogens with one attached hydrogen (secondary N) is 1. The second-order valence-electron chi connectivity index (χ2n) is 5.36. The summed E-state index contributed by atoms with van der Waals surface area (Å²) in [4.78, 5) is 4.95. The first kappa shape index (κ1) is 13.0. The number of benzene rings is 1. The molecule has 1 N–H and O–H groups in total. The van der Waals surface area contributed by atoms with Crippen LogP contribution in [0.2, 0.25) is 0 Å². The van der Waals surface area contributed by atoms with E-state index in [0.29, 0.717) is 18.2 Å². The topological polar surface area (TPSA) is 18.5 Å². The van der Waals surface area contributed by atoms with Gasteiger partial charge in [-0.15, -0.1) is 0 Å². The molecule has 3 aliphatic rings. The molecule has 104 valence electrons. The van der Waals surface area contributed by atoms with Crippen molar-refractivity contribution < 1.29 is 8.78 Å². The van der Waals surface area contributed by atoms with Gasteiger partial charge < -0.3 is 5.32 Å². The third kappa shape index (κ3) is 2.94. The van der Waals surface area contributed by atoms with E-state index in [4.69, 9.17) is 0 Å². The van der Waals surface area contributed by atoms with Crippen molar-refractivity contribution in [3.05, 3.63) is 35.4 Å². The minimum absolute atomic E-state index is 0.344. The molecule has 5 heteroatoms. The third-order valence-electron chi connectivity index (χ3n) is 4.10. The summed E-state index contributed by atoms with van der Waals surface area (Å²) >= 11 is 0. The molecule has 0 amide bonds. The van der Waals surface area contributed by atoms with Gasteiger partial charge in [0.25, 0.3) is 0 Å². The largest absolute Gasteiger partial charge is 0.311 e. The minimum atomic E-state index is -0.384. The number of rotatable bonds is 4. The van der Waals surface area contributed by atoms with Crippen molar-refractivity contribution in [3.63, 3.8) is 0 Å². The van der Waals surface area contributed by atoms with Gasteiger partial charge in [0.15, 0.2) is 0 Å². The van der Waals surface area contributed by atoms with Crippen LogP contribution in [0.25, 0.3) is 0 Å². The fraction of sp³-hybridized carbons (Fsp3) is 0.571. The van der Waals surface area contributed by atoms with Crippen molar-refractivity contribution in [2.45, 2.75) is 12.6 Å². The summed E-state index contributed by atoms with van der Waals surface area (Å²) in [6, 6.07) is 4.10. The average Bonchev–Trinajstić information content (AvgIpc) is 2.44. The summed E-state index contributed by atoms with van der Waals surface area (Å²) in [5.74, 6) is -0.729. The van der Waals surface area contributed by atoms with Gasteiger partial charge in [0.2, 0.25) is 0 Å². The molecule has 0 aliphatic carbocycles. The molecule has 3 saturated heterocycles. The van der Waals surface area contributed by atoms with Crippen LogP contribution in [0.15, 0.2) is 18.2 Å². The smallest absolute Gasteiger partial charge is 0.127 e. The second kappa shape index (κ2) is 5.53. The van der Waals surface area contributed by atoms with E-state index >= 15 is 0 Å². The molecule has 3 heterocycles. The van der Waals surface area contributed by atoms with Gasteiger partial charge in [-0.1, -0.05) is 0 Å². The standard InChI is InChI=1S/C14H19F2N3/c15-12-1-2-14(16)11(7-12)8-17-9-13-10-18-3-5-19(13)6-4-18/h1-2,7,13,17H,3-6,8-10H2. The molecule has 1 aromatic carbocycles. The molecule has 1 aromatic rings. The summed E-state index contributed by atoms with van der Waals surface area (Å²) in [6.45, 7) is 6.87. The van der Waals surface area contributed by atoms with Crippen LogP contribution >= 0.6 is 0 Å². The molecule has 1 unspecified atom stereocenters. The van der Waals surface area contributed by atoms with E-state index in [9.17, 15) is 8.78 Å². The fourth-order valence-corrected chi connectivity index (χ4v) is 2.97. The van der Waals surface area contributed by atoms with Crippen molar-refractivity contribution in [3.8, 4) is 0 Å². The second-order valence-corrected chi connectivity index (χ2v) is 5.36. The first-order valence-corrected chi connectivity index (χ1v) is 6.83. The van der Waals surface area contributed by atoms with Gasteiger partial charge in [-0.05, 0) is 18.2 Å². The maximum atomic E-state index is 13.5. The summed E-state index contributed by atoms with van der Waals surface area (Å²) in [5, 5.41) is 3.25. The van der Waals surface area contributed by atoms with E-state index in [1.807, 2.05) is 0 Å². The zero-order chi connectivity index (χ0) is 13.2. The number of fused-ring (bicyclic) bond motifs is 3. The van der Waals surface area contributed by atoms with Crippen LogP contribution in [0, 0.1) is 11.6 Å². The van der Waals surface area contributed by atoms with Crippen LogP contribution in [0.4, 0.5) is 8.78 Å². The van der Waals surface area contributed by atoms with E-state index in [-0.39, 0.29) is 11.6 Å². The van der Waals surface area contributed by atoms with Crippen molar-refractivity contribution in [1.82, 2.24) is 15.1 Å². The van der Waals surface area contributed by atoms with Crippen LogP contribution in [0.3, 0.4) is 0 Å². The molecular formula is C14H19F2N3. The van der Waals surface area contributed by atoms with Crippen molar-refractivity contribution in [2.75, 3.05) is 39.3 Å². The summed E-state index contributed by atoms with van der Waals surface area (Å²) < 4.78 is 26.5. The maximum Gasteiger partial charge on any atom is 0.127 e. The molecule has 0 spiro atoms. The first-order valence-electron chi connectivity index (χ1n) is 6.83. The Kier molecular flexibility index (Phi) is 3.77. The Hall–Kier alpha value is -1.04. The number of piperazine rings is 3. The van der Waals surface area contributed by atoms with Crippen LogP contribution in [0.5, 0.6) is 0 Å². The quantitative estimate of drug-likeness (QED) is 0.880. The van der Waals surface area contributed by atoms with Gasteiger partial charge in [0.1, 0.15) is 11.6 Å². The Morgan fingerprint density at radius 2 is 1.95 bits per heavy atom. The number of hydrogen-bond donors (Lipinski definition) is 1. The van der Waals surface area contributed by atoms with Crippen LogP contribution in [0.1, 0.15) is 5.56 Å². The molecule has 3 fully saturated rings. The number of halogens is 2. The molecule has 1 atom stereocenters. The van der Waals surface area contributed by atoms with Crippen molar-refractivity contribution in [2.24, 2.45) is 0 Å². The highest BCUT2D eigenvalue weighted by Crippen LogP contribution is 2.15. The van der Waals surface area contributed by atoms with Crippen molar-refractivity contribution >= 4 is 0 Å². The fourth-order valence-electron chi connectivity index (χ4n) is 2.97. The molecule has 3 aliphatic heterocycles. The van der Waals surface area contributed by atoms with E-state index in [0.717, 1.165) is 45.3 Å². The molecule has 3 nitrogen and oxygen atoms in total. The molecular weight excluding hydrogens is 248 g/mol. The van der Waals surface area contributed by atoms with E-state index in [1.54, 1.807) is 0 Å². The minimum Gasteiger partial charge on any atom is -0.311 e. The monoisotopic (exact) mass is 267 g/mol. The van der Waals surface area contributed by atoms with Crippen LogP contribution < -0.4 is 5.32 Å². The van der Waals surface area contributed by atoms with Gasteiger partial charge >= 0.3 is 0 Å². The molecule has 0 aromatic heterocycles. The Morgan fingerprint density at radius 1 is 1.16 bits per heavy atom. The third-order valence-corrected chi connectivity index (χ3v) is 4.10. The molecule has 4 rings (SSSR count). The average molecular weight is 267 g/mol.